The molecule has 4 heterocycles. The molecule has 3 aromatic rings. The molecule has 8 heteroatoms. The number of aromatic nitrogens is 4. The van der Waals surface area contributed by atoms with Crippen molar-refractivity contribution in [3.05, 3.63) is 48.4 Å². The summed E-state index contributed by atoms with van der Waals surface area (Å²) in [5.41, 5.74) is 3.39. The lowest BCUT2D eigenvalue weighted by Crippen LogP contribution is -2.43. The van der Waals surface area contributed by atoms with E-state index in [1.807, 2.05) is 31.2 Å². The number of nitrogens with zero attached hydrogens (tertiary/aromatic N) is 5. The number of hydrogen-bond acceptors (Lipinski definition) is 8. The van der Waals surface area contributed by atoms with Crippen molar-refractivity contribution in [2.75, 3.05) is 36.4 Å². The Morgan fingerprint density at radius 1 is 1.00 bits per heavy atom. The summed E-state index contributed by atoms with van der Waals surface area (Å²) in [5, 5.41) is 25.4. The van der Waals surface area contributed by atoms with Crippen LogP contribution in [0.2, 0.25) is 0 Å². The predicted octanol–water partition coefficient (Wildman–Crippen LogP) is 2.74. The number of aromatic hydroxyl groups is 1. The van der Waals surface area contributed by atoms with Gasteiger partial charge in [0, 0.05) is 37.9 Å². The van der Waals surface area contributed by atoms with E-state index in [9.17, 15) is 5.11 Å². The highest BCUT2D eigenvalue weighted by Crippen LogP contribution is 2.29. The Morgan fingerprint density at radius 3 is 2.43 bits per heavy atom. The Bertz CT molecular complexity index is 907. The molecule has 28 heavy (non-hydrogen) atoms. The third kappa shape index (κ3) is 4.34. The van der Waals surface area contributed by atoms with Crippen molar-refractivity contribution < 1.29 is 5.11 Å². The van der Waals surface area contributed by atoms with E-state index >= 15 is 0 Å². The highest BCUT2D eigenvalue weighted by Gasteiger charge is 2.14. The highest BCUT2D eigenvalue weighted by atomic mass is 16.3. The molecule has 3 N–H and O–H groups in total. The molecule has 0 saturated carbocycles. The zero-order valence-electron chi connectivity index (χ0n) is 15.1. The summed E-state index contributed by atoms with van der Waals surface area (Å²) in [7, 11) is 0. The van der Waals surface area contributed by atoms with Crippen LogP contribution in [0.15, 0.2) is 42.7 Å². The van der Waals surface area contributed by atoms with Crippen molar-refractivity contribution in [1.29, 1.82) is 0 Å². The van der Waals surface area contributed by atoms with Gasteiger partial charge in [0.15, 0.2) is 5.82 Å². The lowest BCUT2D eigenvalue weighted by molar-refractivity contribution is 0.475. The van der Waals surface area contributed by atoms with E-state index in [1.54, 1.807) is 18.5 Å². The molecule has 146 valence electrons. The number of aryl methyl sites for hydroxylation is 1. The van der Waals surface area contributed by atoms with Crippen LogP contribution in [0.1, 0.15) is 13.1 Å². The van der Waals surface area contributed by atoms with Gasteiger partial charge in [-0.15, -0.1) is 10.2 Å². The van der Waals surface area contributed by atoms with Gasteiger partial charge in [0.1, 0.15) is 17.1 Å². The number of hydrogen-bond donors (Lipinski definition) is 3. The maximum absolute atomic E-state index is 10.4. The van der Waals surface area contributed by atoms with Gasteiger partial charge in [0.05, 0.1) is 23.8 Å². The molecule has 3 aromatic heterocycles. The lowest BCUT2D eigenvalue weighted by atomic mass is 10.2. The van der Waals surface area contributed by atoms with Crippen LogP contribution >= 0.6 is 0 Å². The van der Waals surface area contributed by atoms with Crippen LogP contribution in [0.3, 0.4) is 0 Å². The monoisotopic (exact) mass is 379 g/mol. The van der Waals surface area contributed by atoms with Gasteiger partial charge < -0.3 is 20.6 Å². The second kappa shape index (κ2) is 8.62. The minimum absolute atomic E-state index is 0. The summed E-state index contributed by atoms with van der Waals surface area (Å²) >= 11 is 0. The van der Waals surface area contributed by atoms with Crippen molar-refractivity contribution in [3.63, 3.8) is 0 Å². The molecule has 0 aromatic carbocycles. The van der Waals surface area contributed by atoms with Gasteiger partial charge in [0.2, 0.25) is 0 Å². The smallest absolute Gasteiger partial charge is 0.151 e. The van der Waals surface area contributed by atoms with Crippen molar-refractivity contribution in [1.82, 2.24) is 25.5 Å². The fraction of sp³-hybridized carbons (Fsp3) is 0.300. The summed E-state index contributed by atoms with van der Waals surface area (Å²) in [6.45, 7) is 5.63. The van der Waals surface area contributed by atoms with Crippen LogP contribution in [0.5, 0.6) is 5.75 Å². The molecular formula is C20H25N7O. The maximum Gasteiger partial charge on any atom is 0.151 e. The predicted molar refractivity (Wildman–Crippen MR) is 111 cm³/mol. The van der Waals surface area contributed by atoms with Crippen LogP contribution in [-0.4, -0.2) is 51.5 Å². The third-order valence-corrected chi connectivity index (χ3v) is 4.40. The van der Waals surface area contributed by atoms with Crippen molar-refractivity contribution in [2.24, 2.45) is 0 Å². The van der Waals surface area contributed by atoms with E-state index in [0.717, 1.165) is 43.4 Å². The minimum Gasteiger partial charge on any atom is -0.506 e. The first kappa shape index (κ1) is 19.5. The van der Waals surface area contributed by atoms with E-state index in [0.29, 0.717) is 17.1 Å². The summed E-state index contributed by atoms with van der Waals surface area (Å²) in [6, 6.07) is 9.21. The van der Waals surface area contributed by atoms with Gasteiger partial charge >= 0.3 is 0 Å². The largest absolute Gasteiger partial charge is 0.506 e. The zero-order valence-corrected chi connectivity index (χ0v) is 15.1. The van der Waals surface area contributed by atoms with E-state index in [-0.39, 0.29) is 13.2 Å². The third-order valence-electron chi connectivity index (χ3n) is 4.40. The molecule has 1 aliphatic heterocycles. The molecule has 1 saturated heterocycles. The van der Waals surface area contributed by atoms with Gasteiger partial charge in [-0.2, -0.15) is 0 Å². The van der Waals surface area contributed by atoms with E-state index in [2.05, 4.69) is 35.7 Å². The molecule has 0 amide bonds. The van der Waals surface area contributed by atoms with E-state index in [4.69, 9.17) is 0 Å². The quantitative estimate of drug-likeness (QED) is 0.636. The highest BCUT2D eigenvalue weighted by molar-refractivity contribution is 5.68. The van der Waals surface area contributed by atoms with Crippen molar-refractivity contribution in [2.45, 2.75) is 14.4 Å². The molecule has 0 bridgehead atoms. The first-order chi connectivity index (χ1) is 13.2. The van der Waals surface area contributed by atoms with Crippen LogP contribution < -0.4 is 15.5 Å². The van der Waals surface area contributed by atoms with Crippen LogP contribution in [0, 0.1) is 6.92 Å². The standard InChI is InChI=1S/C19H21N7O.CH4/c1-13-2-3-14(11-21-13)23-15-10-17(27)19(22-12-15)16-4-5-18(25-24-16)26-8-6-20-7-9-26;/h2-5,10-12,20,23,27H,6-9H2,1H3;1H4. The summed E-state index contributed by atoms with van der Waals surface area (Å²) in [5.74, 6) is 0.884. The van der Waals surface area contributed by atoms with Crippen molar-refractivity contribution >= 4 is 17.2 Å². The number of anilines is 3. The minimum atomic E-state index is 0. The molecule has 0 atom stereocenters. The molecule has 4 rings (SSSR count). The molecule has 0 radical (unpaired) electrons. The Morgan fingerprint density at radius 2 is 1.79 bits per heavy atom. The molecule has 1 fully saturated rings. The van der Waals surface area contributed by atoms with E-state index < -0.39 is 0 Å². The van der Waals surface area contributed by atoms with Crippen LogP contribution in [0.4, 0.5) is 17.2 Å². The molecule has 0 unspecified atom stereocenters. The lowest BCUT2D eigenvalue weighted by Gasteiger charge is -2.27. The first-order valence-corrected chi connectivity index (χ1v) is 8.87. The normalized spacial score (nSPS) is 13.7. The molecule has 1 aliphatic rings. The first-order valence-electron chi connectivity index (χ1n) is 8.87. The molecule has 8 nitrogen and oxygen atoms in total. The number of nitrogens with one attached hydrogen (secondary N) is 2. The van der Waals surface area contributed by atoms with Gasteiger partial charge in [-0.1, -0.05) is 7.43 Å². The number of piperazine rings is 1. The van der Waals surface area contributed by atoms with Crippen LogP contribution in [0.25, 0.3) is 11.4 Å². The Hall–Kier alpha value is -3.26. The zero-order chi connectivity index (χ0) is 18.6. The SMILES string of the molecule is C.Cc1ccc(Nc2cnc(-c3ccc(N4CCNCC4)nn3)c(O)c2)cn1. The second-order valence-corrected chi connectivity index (χ2v) is 6.42. The average Bonchev–Trinajstić information content (AvgIpc) is 2.71. The fourth-order valence-corrected chi connectivity index (χ4v) is 2.94. The Kier molecular flexibility index (Phi) is 6.00. The second-order valence-electron chi connectivity index (χ2n) is 6.42. The van der Waals surface area contributed by atoms with Gasteiger partial charge in [-0.05, 0) is 31.2 Å². The molecule has 0 spiro atoms. The van der Waals surface area contributed by atoms with E-state index in [1.165, 1.54) is 0 Å². The molecule has 0 aliphatic carbocycles. The van der Waals surface area contributed by atoms with Gasteiger partial charge in [-0.3, -0.25) is 4.98 Å². The summed E-state index contributed by atoms with van der Waals surface area (Å²) in [6.07, 6.45) is 3.39. The average molecular weight is 379 g/mol. The Labute approximate surface area is 164 Å². The van der Waals surface area contributed by atoms with Crippen LogP contribution in [-0.2, 0) is 0 Å². The van der Waals surface area contributed by atoms with Crippen molar-refractivity contribution in [3.8, 4) is 17.1 Å². The summed E-state index contributed by atoms with van der Waals surface area (Å²) in [4.78, 5) is 10.8. The summed E-state index contributed by atoms with van der Waals surface area (Å²) < 4.78 is 0. The number of rotatable bonds is 4. The number of pyridine rings is 2. The van der Waals surface area contributed by atoms with Gasteiger partial charge in [-0.25, -0.2) is 4.98 Å². The Balaban J connectivity index is 0.00000225. The van der Waals surface area contributed by atoms with Gasteiger partial charge in [0.25, 0.3) is 0 Å². The maximum atomic E-state index is 10.4. The fourth-order valence-electron chi connectivity index (χ4n) is 2.94. The molecular weight excluding hydrogens is 354 g/mol. The topological polar surface area (TPSA) is 99.1 Å².